The van der Waals surface area contributed by atoms with Gasteiger partial charge >= 0.3 is 0 Å². The number of hydrogen-bond donors (Lipinski definition) is 0. The van der Waals surface area contributed by atoms with E-state index in [9.17, 15) is 0 Å². The van der Waals surface area contributed by atoms with Crippen molar-refractivity contribution in [3.05, 3.63) is 83.4 Å². The maximum absolute atomic E-state index is 2.38. The molecule has 0 aromatic heterocycles. The first-order valence-corrected chi connectivity index (χ1v) is 7.67. The molecule has 102 valence electrons. The Hall–Kier alpha value is -2.34. The molecule has 0 nitrogen and oxygen atoms in total. The average Bonchev–Trinajstić information content (AvgIpc) is 2.92. The van der Waals surface area contributed by atoms with Crippen molar-refractivity contribution in [2.24, 2.45) is 0 Å². The molecule has 3 aromatic carbocycles. The molecule has 3 aromatic rings. The van der Waals surface area contributed by atoms with Gasteiger partial charge in [-0.05, 0) is 39.5 Å². The zero-order chi connectivity index (χ0) is 14.2. The van der Waals surface area contributed by atoms with E-state index in [2.05, 4.69) is 79.7 Å². The lowest BCUT2D eigenvalue weighted by atomic mass is 9.87. The monoisotopic (exact) mass is 270 g/mol. The Morgan fingerprint density at radius 2 is 1.57 bits per heavy atom. The topological polar surface area (TPSA) is 0 Å². The summed E-state index contributed by atoms with van der Waals surface area (Å²) in [4.78, 5) is 0. The number of rotatable bonds is 2. The highest BCUT2D eigenvalue weighted by atomic mass is 14.3. The van der Waals surface area contributed by atoms with Crippen LogP contribution < -0.4 is 0 Å². The Morgan fingerprint density at radius 1 is 0.810 bits per heavy atom. The number of benzene rings is 3. The largest absolute Gasteiger partial charge is 0.0645 e. The van der Waals surface area contributed by atoms with E-state index >= 15 is 0 Å². The molecule has 0 N–H and O–H groups in total. The molecule has 4 rings (SSSR count). The maximum atomic E-state index is 2.38. The smallest absolute Gasteiger partial charge is 0.00990 e. The minimum absolute atomic E-state index is 0.520. The molecule has 1 aliphatic carbocycles. The van der Waals surface area contributed by atoms with E-state index in [1.54, 1.807) is 0 Å². The highest BCUT2D eigenvalue weighted by molar-refractivity contribution is 6.01. The summed E-state index contributed by atoms with van der Waals surface area (Å²) < 4.78 is 0. The van der Waals surface area contributed by atoms with Crippen molar-refractivity contribution in [3.8, 4) is 0 Å². The fourth-order valence-corrected chi connectivity index (χ4v) is 3.58. The SMILES string of the molecule is CCC1C(c2cccc3ccccc23)=Cc2ccccc21. The molecule has 1 aliphatic rings. The second kappa shape index (κ2) is 4.89. The van der Waals surface area contributed by atoms with Gasteiger partial charge in [0.25, 0.3) is 0 Å². The molecule has 0 aliphatic heterocycles. The van der Waals surface area contributed by atoms with Crippen LogP contribution in [0.25, 0.3) is 22.4 Å². The maximum Gasteiger partial charge on any atom is 0.00990 e. The minimum Gasteiger partial charge on any atom is -0.0645 e. The van der Waals surface area contributed by atoms with Crippen LogP contribution in [0.15, 0.2) is 66.7 Å². The van der Waals surface area contributed by atoms with Crippen LogP contribution in [0.5, 0.6) is 0 Å². The van der Waals surface area contributed by atoms with E-state index < -0.39 is 0 Å². The van der Waals surface area contributed by atoms with Gasteiger partial charge in [0.15, 0.2) is 0 Å². The van der Waals surface area contributed by atoms with Crippen molar-refractivity contribution in [1.29, 1.82) is 0 Å². The highest BCUT2D eigenvalue weighted by Gasteiger charge is 2.25. The Bertz CT molecular complexity index is 834. The lowest BCUT2D eigenvalue weighted by Crippen LogP contribution is -1.97. The summed E-state index contributed by atoms with van der Waals surface area (Å²) in [6.07, 6.45) is 3.53. The third-order valence-electron chi connectivity index (χ3n) is 4.57. The van der Waals surface area contributed by atoms with Crippen molar-refractivity contribution in [2.75, 3.05) is 0 Å². The van der Waals surface area contributed by atoms with Gasteiger partial charge in [-0.3, -0.25) is 0 Å². The first-order chi connectivity index (χ1) is 10.4. The van der Waals surface area contributed by atoms with Crippen LogP contribution in [0.3, 0.4) is 0 Å². The summed E-state index contributed by atoms with van der Waals surface area (Å²) in [5, 5.41) is 2.68. The van der Waals surface area contributed by atoms with Crippen LogP contribution in [0.2, 0.25) is 0 Å². The zero-order valence-corrected chi connectivity index (χ0v) is 12.2. The van der Waals surface area contributed by atoms with Crippen LogP contribution in [-0.2, 0) is 0 Å². The van der Waals surface area contributed by atoms with Gasteiger partial charge in [-0.2, -0.15) is 0 Å². The molecular weight excluding hydrogens is 252 g/mol. The Morgan fingerprint density at radius 3 is 2.48 bits per heavy atom. The average molecular weight is 270 g/mol. The van der Waals surface area contributed by atoms with Gasteiger partial charge in [-0.15, -0.1) is 0 Å². The molecule has 0 amide bonds. The molecule has 1 atom stereocenters. The van der Waals surface area contributed by atoms with Crippen molar-refractivity contribution in [3.63, 3.8) is 0 Å². The summed E-state index contributed by atoms with van der Waals surface area (Å²) in [6, 6.07) is 24.1. The van der Waals surface area contributed by atoms with Gasteiger partial charge in [0, 0.05) is 5.92 Å². The summed E-state index contributed by atoms with van der Waals surface area (Å²) >= 11 is 0. The van der Waals surface area contributed by atoms with Gasteiger partial charge in [0.1, 0.15) is 0 Å². The molecule has 0 bridgehead atoms. The summed E-state index contributed by atoms with van der Waals surface area (Å²) in [5.41, 5.74) is 5.71. The lowest BCUT2D eigenvalue weighted by molar-refractivity contribution is 0.835. The third kappa shape index (κ3) is 1.91. The zero-order valence-electron chi connectivity index (χ0n) is 12.2. The van der Waals surface area contributed by atoms with Crippen LogP contribution >= 0.6 is 0 Å². The molecule has 0 heterocycles. The second-order valence-electron chi connectivity index (χ2n) is 5.72. The van der Waals surface area contributed by atoms with Gasteiger partial charge in [-0.25, -0.2) is 0 Å². The molecule has 21 heavy (non-hydrogen) atoms. The molecule has 0 radical (unpaired) electrons. The van der Waals surface area contributed by atoms with Crippen molar-refractivity contribution >= 4 is 22.4 Å². The van der Waals surface area contributed by atoms with E-state index in [0.717, 1.165) is 6.42 Å². The van der Waals surface area contributed by atoms with Gasteiger partial charge in [-0.1, -0.05) is 79.7 Å². The molecular formula is C21H18. The first kappa shape index (κ1) is 12.4. The van der Waals surface area contributed by atoms with Gasteiger partial charge < -0.3 is 0 Å². The van der Waals surface area contributed by atoms with Crippen molar-refractivity contribution < 1.29 is 0 Å². The van der Waals surface area contributed by atoms with Crippen molar-refractivity contribution in [1.82, 2.24) is 0 Å². The van der Waals surface area contributed by atoms with Crippen LogP contribution in [0.4, 0.5) is 0 Å². The highest BCUT2D eigenvalue weighted by Crippen LogP contribution is 2.45. The van der Waals surface area contributed by atoms with E-state index in [4.69, 9.17) is 0 Å². The fourth-order valence-electron chi connectivity index (χ4n) is 3.58. The van der Waals surface area contributed by atoms with E-state index in [1.165, 1.54) is 33.0 Å². The summed E-state index contributed by atoms with van der Waals surface area (Å²) in [7, 11) is 0. The first-order valence-electron chi connectivity index (χ1n) is 7.67. The van der Waals surface area contributed by atoms with Crippen LogP contribution in [0, 0.1) is 0 Å². The Kier molecular flexibility index (Phi) is 2.89. The third-order valence-corrected chi connectivity index (χ3v) is 4.57. The number of allylic oxidation sites excluding steroid dienone is 1. The summed E-state index contributed by atoms with van der Waals surface area (Å²) in [5.74, 6) is 0.520. The van der Waals surface area contributed by atoms with Gasteiger partial charge in [0.05, 0.1) is 0 Å². The van der Waals surface area contributed by atoms with E-state index in [0.29, 0.717) is 5.92 Å². The number of fused-ring (bicyclic) bond motifs is 2. The van der Waals surface area contributed by atoms with E-state index in [1.807, 2.05) is 0 Å². The van der Waals surface area contributed by atoms with E-state index in [-0.39, 0.29) is 0 Å². The number of hydrogen-bond acceptors (Lipinski definition) is 0. The van der Waals surface area contributed by atoms with Crippen LogP contribution in [0.1, 0.15) is 36.0 Å². The molecule has 0 heteroatoms. The Labute approximate surface area is 125 Å². The predicted molar refractivity (Wildman–Crippen MR) is 91.3 cm³/mol. The Balaban J connectivity index is 1.94. The predicted octanol–water partition coefficient (Wildman–Crippen LogP) is 5.89. The van der Waals surface area contributed by atoms with Gasteiger partial charge in [0.2, 0.25) is 0 Å². The standard InChI is InChI=1S/C21H18/c1-2-17-19-12-6-4-9-16(19)14-21(17)20-13-7-10-15-8-3-5-11-18(15)20/h3-14,17H,2H2,1H3. The molecule has 0 saturated heterocycles. The molecule has 1 unspecified atom stereocenters. The molecule has 0 spiro atoms. The molecule has 0 fully saturated rings. The molecule has 0 saturated carbocycles. The lowest BCUT2D eigenvalue weighted by Gasteiger charge is -2.16. The minimum atomic E-state index is 0.520. The van der Waals surface area contributed by atoms with Crippen LogP contribution in [-0.4, -0.2) is 0 Å². The quantitative estimate of drug-likeness (QED) is 0.545. The second-order valence-corrected chi connectivity index (χ2v) is 5.72. The summed E-state index contributed by atoms with van der Waals surface area (Å²) in [6.45, 7) is 2.28. The van der Waals surface area contributed by atoms with Crippen molar-refractivity contribution in [2.45, 2.75) is 19.3 Å². The fraction of sp³-hybridized carbons (Fsp3) is 0.143. The normalized spacial score (nSPS) is 16.8.